The molecule has 0 spiro atoms. The van der Waals surface area contributed by atoms with Crippen LogP contribution in [0, 0.1) is 11.6 Å². The topological polar surface area (TPSA) is 57.5 Å². The highest BCUT2D eigenvalue weighted by atomic mass is 19.1. The SMILES string of the molecule is O=C(O)[C@H](O)c1ccc(F)cc1F. The summed E-state index contributed by atoms with van der Waals surface area (Å²) in [6.07, 6.45) is -1.96. The summed E-state index contributed by atoms with van der Waals surface area (Å²) in [4.78, 5) is 10.2. The quantitative estimate of drug-likeness (QED) is 0.730. The van der Waals surface area contributed by atoms with Gasteiger partial charge in [0.25, 0.3) is 0 Å². The Hall–Kier alpha value is -1.49. The van der Waals surface area contributed by atoms with Crippen LogP contribution in [0.4, 0.5) is 8.78 Å². The van der Waals surface area contributed by atoms with Gasteiger partial charge in [-0.25, -0.2) is 13.6 Å². The first-order valence-electron chi connectivity index (χ1n) is 3.38. The Labute approximate surface area is 72.2 Å². The molecule has 0 aliphatic carbocycles. The molecule has 1 rings (SSSR count). The molecule has 0 saturated heterocycles. The van der Waals surface area contributed by atoms with Crippen molar-refractivity contribution in [2.45, 2.75) is 6.10 Å². The van der Waals surface area contributed by atoms with E-state index in [-0.39, 0.29) is 0 Å². The number of halogens is 2. The van der Waals surface area contributed by atoms with Gasteiger partial charge >= 0.3 is 5.97 Å². The number of carboxylic acid groups (broad SMARTS) is 1. The van der Waals surface area contributed by atoms with Crippen molar-refractivity contribution in [1.82, 2.24) is 0 Å². The zero-order valence-corrected chi connectivity index (χ0v) is 6.37. The molecule has 1 atom stereocenters. The first-order chi connectivity index (χ1) is 6.02. The lowest BCUT2D eigenvalue weighted by molar-refractivity contribution is -0.147. The second kappa shape index (κ2) is 3.49. The largest absolute Gasteiger partial charge is 0.479 e. The van der Waals surface area contributed by atoms with Crippen molar-refractivity contribution in [1.29, 1.82) is 0 Å². The van der Waals surface area contributed by atoms with E-state index in [1.165, 1.54) is 0 Å². The molecule has 0 radical (unpaired) electrons. The molecule has 0 aliphatic heterocycles. The summed E-state index contributed by atoms with van der Waals surface area (Å²) in [5.41, 5.74) is -0.450. The van der Waals surface area contributed by atoms with Crippen molar-refractivity contribution in [2.75, 3.05) is 0 Å². The standard InChI is InChI=1S/C8H6F2O3/c9-4-1-2-5(6(10)3-4)7(11)8(12)13/h1-3,7,11H,(H,12,13)/t7-/m1/s1. The van der Waals surface area contributed by atoms with Crippen LogP contribution in [0.3, 0.4) is 0 Å². The van der Waals surface area contributed by atoms with E-state index in [0.717, 1.165) is 12.1 Å². The van der Waals surface area contributed by atoms with Crippen molar-refractivity contribution in [3.63, 3.8) is 0 Å². The lowest BCUT2D eigenvalue weighted by Gasteiger charge is -2.06. The van der Waals surface area contributed by atoms with Gasteiger partial charge in [0.2, 0.25) is 0 Å². The Bertz CT molecular complexity index is 338. The van der Waals surface area contributed by atoms with Gasteiger partial charge in [0.15, 0.2) is 6.10 Å². The Morgan fingerprint density at radius 2 is 2.00 bits per heavy atom. The predicted octanol–water partition coefficient (Wildman–Crippen LogP) is 1.08. The third kappa shape index (κ3) is 2.00. The monoisotopic (exact) mass is 188 g/mol. The summed E-state index contributed by atoms with van der Waals surface area (Å²) in [5.74, 6) is -3.47. The van der Waals surface area contributed by atoms with Crippen LogP contribution in [0.1, 0.15) is 11.7 Å². The molecule has 70 valence electrons. The number of carbonyl (C=O) groups is 1. The third-order valence-electron chi connectivity index (χ3n) is 1.49. The summed E-state index contributed by atoms with van der Waals surface area (Å²) in [5, 5.41) is 17.2. The highest BCUT2D eigenvalue weighted by Gasteiger charge is 2.19. The minimum absolute atomic E-state index is 0.450. The summed E-state index contributed by atoms with van der Waals surface area (Å²) < 4.78 is 25.1. The molecule has 13 heavy (non-hydrogen) atoms. The zero-order chi connectivity index (χ0) is 10.0. The Balaban J connectivity index is 3.08. The van der Waals surface area contributed by atoms with Gasteiger partial charge < -0.3 is 10.2 Å². The highest BCUT2D eigenvalue weighted by molar-refractivity contribution is 5.74. The fraction of sp³-hybridized carbons (Fsp3) is 0.125. The van der Waals surface area contributed by atoms with Crippen LogP contribution in [0.5, 0.6) is 0 Å². The van der Waals surface area contributed by atoms with Gasteiger partial charge in [0.05, 0.1) is 0 Å². The fourth-order valence-corrected chi connectivity index (χ4v) is 0.856. The van der Waals surface area contributed by atoms with Crippen LogP contribution in [0.15, 0.2) is 18.2 Å². The van der Waals surface area contributed by atoms with Gasteiger partial charge in [-0.05, 0) is 12.1 Å². The smallest absolute Gasteiger partial charge is 0.337 e. The molecule has 0 amide bonds. The van der Waals surface area contributed by atoms with Crippen LogP contribution in [-0.2, 0) is 4.79 Å². The van der Waals surface area contributed by atoms with Gasteiger partial charge in [0.1, 0.15) is 11.6 Å². The van der Waals surface area contributed by atoms with Crippen LogP contribution in [-0.4, -0.2) is 16.2 Å². The number of aliphatic hydroxyl groups is 1. The molecule has 0 saturated carbocycles. The van der Waals surface area contributed by atoms with E-state index < -0.39 is 29.3 Å². The van der Waals surface area contributed by atoms with Gasteiger partial charge in [-0.2, -0.15) is 0 Å². The lowest BCUT2D eigenvalue weighted by atomic mass is 10.1. The molecule has 5 heteroatoms. The summed E-state index contributed by atoms with van der Waals surface area (Å²) in [6, 6.07) is 2.29. The molecule has 1 aromatic carbocycles. The van der Waals surface area contributed by atoms with E-state index in [4.69, 9.17) is 10.2 Å². The molecule has 0 unspecified atom stereocenters. The van der Waals surface area contributed by atoms with Crippen molar-refractivity contribution in [3.8, 4) is 0 Å². The van der Waals surface area contributed by atoms with Crippen molar-refractivity contribution in [2.24, 2.45) is 0 Å². The normalized spacial score (nSPS) is 12.5. The van der Waals surface area contributed by atoms with E-state index >= 15 is 0 Å². The molecule has 0 fully saturated rings. The van der Waals surface area contributed by atoms with E-state index in [2.05, 4.69) is 0 Å². The van der Waals surface area contributed by atoms with Crippen LogP contribution in [0.2, 0.25) is 0 Å². The second-order valence-corrected chi connectivity index (χ2v) is 2.41. The van der Waals surface area contributed by atoms with Crippen LogP contribution in [0.25, 0.3) is 0 Å². The maximum atomic E-state index is 12.8. The summed E-state index contributed by atoms with van der Waals surface area (Å²) in [7, 11) is 0. The summed E-state index contributed by atoms with van der Waals surface area (Å²) >= 11 is 0. The molecule has 2 N–H and O–H groups in total. The Morgan fingerprint density at radius 3 is 2.46 bits per heavy atom. The number of aliphatic hydroxyl groups excluding tert-OH is 1. The van der Waals surface area contributed by atoms with Crippen molar-refractivity contribution < 1.29 is 23.8 Å². The van der Waals surface area contributed by atoms with Gasteiger partial charge in [-0.1, -0.05) is 0 Å². The number of hydrogen-bond acceptors (Lipinski definition) is 2. The molecule has 3 nitrogen and oxygen atoms in total. The molecule has 0 heterocycles. The number of carboxylic acids is 1. The molecule has 1 aromatic rings. The minimum atomic E-state index is -1.96. The molecular formula is C8H6F2O3. The lowest BCUT2D eigenvalue weighted by Crippen LogP contribution is -2.12. The minimum Gasteiger partial charge on any atom is -0.479 e. The van der Waals surface area contributed by atoms with Gasteiger partial charge in [-0.15, -0.1) is 0 Å². The first-order valence-corrected chi connectivity index (χ1v) is 3.38. The van der Waals surface area contributed by atoms with E-state index in [0.29, 0.717) is 6.07 Å². The maximum absolute atomic E-state index is 12.8. The number of rotatable bonds is 2. The van der Waals surface area contributed by atoms with Crippen LogP contribution < -0.4 is 0 Å². The number of hydrogen-bond donors (Lipinski definition) is 2. The second-order valence-electron chi connectivity index (χ2n) is 2.41. The molecule has 0 bridgehead atoms. The molecular weight excluding hydrogens is 182 g/mol. The molecule has 0 aliphatic rings. The Kier molecular flexibility index (Phi) is 2.57. The van der Waals surface area contributed by atoms with Crippen LogP contribution >= 0.6 is 0 Å². The van der Waals surface area contributed by atoms with Gasteiger partial charge in [0, 0.05) is 11.6 Å². The zero-order valence-electron chi connectivity index (χ0n) is 6.37. The average Bonchev–Trinajstić information content (AvgIpc) is 2.03. The van der Waals surface area contributed by atoms with E-state index in [9.17, 15) is 13.6 Å². The van der Waals surface area contributed by atoms with Crippen molar-refractivity contribution >= 4 is 5.97 Å². The van der Waals surface area contributed by atoms with Gasteiger partial charge in [-0.3, -0.25) is 0 Å². The number of aliphatic carboxylic acids is 1. The predicted molar refractivity (Wildman–Crippen MR) is 39.0 cm³/mol. The summed E-state index contributed by atoms with van der Waals surface area (Å²) in [6.45, 7) is 0. The van der Waals surface area contributed by atoms with E-state index in [1.807, 2.05) is 0 Å². The maximum Gasteiger partial charge on any atom is 0.337 e. The highest BCUT2D eigenvalue weighted by Crippen LogP contribution is 2.17. The van der Waals surface area contributed by atoms with E-state index in [1.54, 1.807) is 0 Å². The average molecular weight is 188 g/mol. The fourth-order valence-electron chi connectivity index (χ4n) is 0.856. The first kappa shape index (κ1) is 9.60. The molecule has 0 aromatic heterocycles. The Morgan fingerprint density at radius 1 is 1.38 bits per heavy atom. The third-order valence-corrected chi connectivity index (χ3v) is 1.49. The number of benzene rings is 1. The van der Waals surface area contributed by atoms with Crippen molar-refractivity contribution in [3.05, 3.63) is 35.4 Å².